The second-order valence-electron chi connectivity index (χ2n) is 5.84. The lowest BCUT2D eigenvalue weighted by atomic mass is 9.96. The lowest BCUT2D eigenvalue weighted by molar-refractivity contribution is -0.139. The third-order valence-electron chi connectivity index (χ3n) is 4.12. The highest BCUT2D eigenvalue weighted by Gasteiger charge is 2.10. The van der Waals surface area contributed by atoms with Crippen LogP contribution in [-0.4, -0.2) is 23.3 Å². The van der Waals surface area contributed by atoms with Gasteiger partial charge in [-0.25, -0.2) is 0 Å². The Hall–Kier alpha value is -2.33. The van der Waals surface area contributed by atoms with E-state index in [1.165, 1.54) is 33.7 Å². The van der Waals surface area contributed by atoms with Gasteiger partial charge in [-0.2, -0.15) is 0 Å². The van der Waals surface area contributed by atoms with E-state index in [9.17, 15) is 4.79 Å². The molecule has 0 N–H and O–H groups in total. The third-order valence-corrected chi connectivity index (χ3v) is 5.21. The Morgan fingerprint density at radius 2 is 1.88 bits per heavy atom. The van der Waals surface area contributed by atoms with E-state index < -0.39 is 0 Å². The molecule has 3 rings (SSSR count). The summed E-state index contributed by atoms with van der Waals surface area (Å²) >= 11 is 1.51. The molecule has 0 radical (unpaired) electrons. The maximum atomic E-state index is 11.6. The van der Waals surface area contributed by atoms with Crippen LogP contribution in [-0.2, 0) is 16.0 Å². The molecule has 128 valence electrons. The molecule has 0 aliphatic heterocycles. The number of esters is 1. The minimum Gasteiger partial charge on any atom is -0.465 e. The van der Waals surface area contributed by atoms with Crippen molar-refractivity contribution in [2.75, 3.05) is 12.4 Å². The standard InChI is InChI=1S/C21H21NO2S/c1-3-24-21(23)14-25-20-10-11-22-13-17(20)12-16-9-8-15(2)18-6-4-5-7-19(16)18/h4-11,13H,3,12,14H2,1-2H3. The van der Waals surface area contributed by atoms with Crippen LogP contribution in [0.25, 0.3) is 10.8 Å². The number of pyridine rings is 1. The number of benzene rings is 2. The topological polar surface area (TPSA) is 39.2 Å². The Balaban J connectivity index is 1.87. The fourth-order valence-corrected chi connectivity index (χ4v) is 3.72. The molecule has 0 bridgehead atoms. The number of hydrogen-bond donors (Lipinski definition) is 0. The van der Waals surface area contributed by atoms with Gasteiger partial charge < -0.3 is 4.74 Å². The number of nitrogens with zero attached hydrogens (tertiary/aromatic N) is 1. The molecule has 0 amide bonds. The van der Waals surface area contributed by atoms with Crippen LogP contribution in [0.3, 0.4) is 0 Å². The smallest absolute Gasteiger partial charge is 0.316 e. The van der Waals surface area contributed by atoms with E-state index in [4.69, 9.17) is 4.74 Å². The molecule has 1 heterocycles. The molecular weight excluding hydrogens is 330 g/mol. The van der Waals surface area contributed by atoms with E-state index in [-0.39, 0.29) is 5.97 Å². The first-order valence-corrected chi connectivity index (χ1v) is 9.36. The van der Waals surface area contributed by atoms with Crippen LogP contribution in [0, 0.1) is 6.92 Å². The maximum absolute atomic E-state index is 11.6. The number of hydrogen-bond acceptors (Lipinski definition) is 4. The van der Waals surface area contributed by atoms with Gasteiger partial charge in [-0.15, -0.1) is 11.8 Å². The minimum atomic E-state index is -0.184. The van der Waals surface area contributed by atoms with Gasteiger partial charge in [-0.05, 0) is 47.4 Å². The zero-order valence-electron chi connectivity index (χ0n) is 14.5. The van der Waals surface area contributed by atoms with E-state index in [0.717, 1.165) is 16.9 Å². The fraction of sp³-hybridized carbons (Fsp3) is 0.238. The first kappa shape index (κ1) is 17.5. The van der Waals surface area contributed by atoms with Crippen LogP contribution in [0.5, 0.6) is 0 Å². The highest BCUT2D eigenvalue weighted by Crippen LogP contribution is 2.28. The second kappa shape index (κ2) is 8.17. The summed E-state index contributed by atoms with van der Waals surface area (Å²) in [6.07, 6.45) is 4.45. The van der Waals surface area contributed by atoms with Gasteiger partial charge in [0, 0.05) is 23.7 Å². The summed E-state index contributed by atoms with van der Waals surface area (Å²) in [4.78, 5) is 17.0. The van der Waals surface area contributed by atoms with Crippen molar-refractivity contribution in [1.82, 2.24) is 4.98 Å². The Morgan fingerprint density at radius 1 is 1.08 bits per heavy atom. The van der Waals surface area contributed by atoms with Gasteiger partial charge in [0.2, 0.25) is 0 Å². The second-order valence-corrected chi connectivity index (χ2v) is 6.86. The number of aromatic nitrogens is 1. The summed E-state index contributed by atoms with van der Waals surface area (Å²) in [5, 5.41) is 2.55. The highest BCUT2D eigenvalue weighted by molar-refractivity contribution is 8.00. The molecule has 3 aromatic rings. The summed E-state index contributed by atoms with van der Waals surface area (Å²) in [5.41, 5.74) is 3.68. The van der Waals surface area contributed by atoms with E-state index in [1.54, 1.807) is 6.20 Å². The lowest BCUT2D eigenvalue weighted by Crippen LogP contribution is -2.07. The molecule has 25 heavy (non-hydrogen) atoms. The summed E-state index contributed by atoms with van der Waals surface area (Å²) in [6, 6.07) is 14.8. The Morgan fingerprint density at radius 3 is 2.68 bits per heavy atom. The maximum Gasteiger partial charge on any atom is 0.316 e. The fourth-order valence-electron chi connectivity index (χ4n) is 2.90. The van der Waals surface area contributed by atoms with Gasteiger partial charge in [0.05, 0.1) is 12.4 Å². The van der Waals surface area contributed by atoms with Crippen molar-refractivity contribution >= 4 is 28.5 Å². The van der Waals surface area contributed by atoms with Gasteiger partial charge in [-0.3, -0.25) is 9.78 Å². The summed E-state index contributed by atoms with van der Waals surface area (Å²) in [6.45, 7) is 4.37. The molecule has 0 aliphatic carbocycles. The predicted molar refractivity (Wildman–Crippen MR) is 103 cm³/mol. The molecular formula is C21H21NO2S. The number of carbonyl (C=O) groups is 1. The molecule has 0 spiro atoms. The molecule has 0 aliphatic rings. The molecule has 4 heteroatoms. The predicted octanol–water partition coefficient (Wildman–Crippen LogP) is 4.79. The Kier molecular flexibility index (Phi) is 5.71. The average Bonchev–Trinajstić information content (AvgIpc) is 2.64. The number of carbonyl (C=O) groups excluding carboxylic acids is 1. The van der Waals surface area contributed by atoms with Crippen LogP contribution in [0.15, 0.2) is 59.8 Å². The van der Waals surface area contributed by atoms with Gasteiger partial charge in [0.1, 0.15) is 0 Å². The SMILES string of the molecule is CCOC(=O)CSc1ccncc1Cc1ccc(C)c2ccccc12. The number of aryl methyl sites for hydroxylation is 1. The average molecular weight is 351 g/mol. The number of rotatable bonds is 6. The number of fused-ring (bicyclic) bond motifs is 1. The first-order chi connectivity index (χ1) is 12.2. The van der Waals surface area contributed by atoms with Crippen molar-refractivity contribution in [2.45, 2.75) is 25.2 Å². The van der Waals surface area contributed by atoms with E-state index in [2.05, 4.69) is 48.3 Å². The number of ether oxygens (including phenoxy) is 1. The van der Waals surface area contributed by atoms with Gasteiger partial charge in [0.25, 0.3) is 0 Å². The van der Waals surface area contributed by atoms with E-state index in [1.807, 2.05) is 19.2 Å². The van der Waals surface area contributed by atoms with E-state index >= 15 is 0 Å². The molecule has 0 fully saturated rings. The monoisotopic (exact) mass is 351 g/mol. The third kappa shape index (κ3) is 4.20. The van der Waals surface area contributed by atoms with Crippen LogP contribution < -0.4 is 0 Å². The van der Waals surface area contributed by atoms with Crippen molar-refractivity contribution in [3.05, 3.63) is 71.5 Å². The van der Waals surface area contributed by atoms with Crippen molar-refractivity contribution < 1.29 is 9.53 Å². The summed E-state index contributed by atoms with van der Waals surface area (Å²) < 4.78 is 5.02. The Bertz CT molecular complexity index is 892. The largest absolute Gasteiger partial charge is 0.465 e. The molecule has 0 atom stereocenters. The molecule has 3 nitrogen and oxygen atoms in total. The van der Waals surface area contributed by atoms with Crippen molar-refractivity contribution in [2.24, 2.45) is 0 Å². The van der Waals surface area contributed by atoms with Crippen LogP contribution >= 0.6 is 11.8 Å². The highest BCUT2D eigenvalue weighted by atomic mass is 32.2. The first-order valence-electron chi connectivity index (χ1n) is 8.37. The molecule has 0 saturated carbocycles. The van der Waals surface area contributed by atoms with Crippen molar-refractivity contribution in [1.29, 1.82) is 0 Å². The molecule has 1 aromatic heterocycles. The summed E-state index contributed by atoms with van der Waals surface area (Å²) in [7, 11) is 0. The van der Waals surface area contributed by atoms with Gasteiger partial charge >= 0.3 is 5.97 Å². The van der Waals surface area contributed by atoms with Gasteiger partial charge in [0.15, 0.2) is 0 Å². The lowest BCUT2D eigenvalue weighted by Gasteiger charge is -2.12. The Labute approximate surface area is 152 Å². The van der Waals surface area contributed by atoms with Crippen LogP contribution in [0.2, 0.25) is 0 Å². The van der Waals surface area contributed by atoms with Crippen molar-refractivity contribution in [3.8, 4) is 0 Å². The zero-order chi connectivity index (χ0) is 17.6. The zero-order valence-corrected chi connectivity index (χ0v) is 15.3. The van der Waals surface area contributed by atoms with E-state index in [0.29, 0.717) is 12.4 Å². The van der Waals surface area contributed by atoms with Crippen LogP contribution in [0.1, 0.15) is 23.6 Å². The van der Waals surface area contributed by atoms with Gasteiger partial charge in [-0.1, -0.05) is 36.4 Å². The normalized spacial score (nSPS) is 10.8. The molecule has 0 saturated heterocycles. The molecule has 2 aromatic carbocycles. The minimum absolute atomic E-state index is 0.184. The summed E-state index contributed by atoms with van der Waals surface area (Å²) in [5.74, 6) is 0.135. The quantitative estimate of drug-likeness (QED) is 0.473. The van der Waals surface area contributed by atoms with Crippen LogP contribution in [0.4, 0.5) is 0 Å². The number of thioether (sulfide) groups is 1. The van der Waals surface area contributed by atoms with Crippen molar-refractivity contribution in [3.63, 3.8) is 0 Å². The molecule has 0 unspecified atom stereocenters.